The number of ketones is 1. The Hall–Kier alpha value is -1.96. The second kappa shape index (κ2) is 10.7. The summed E-state index contributed by atoms with van der Waals surface area (Å²) in [4.78, 5) is 45.8. The van der Waals surface area contributed by atoms with Gasteiger partial charge in [-0.2, -0.15) is 0 Å². The number of nitrogens with zero attached hydrogens (tertiary/aromatic N) is 1. The number of carboxylic acids is 2. The number of carbonyl (C=O) groups excluding carboxylic acids is 2. The van der Waals surface area contributed by atoms with Gasteiger partial charge in [-0.25, -0.2) is 0 Å². The first-order chi connectivity index (χ1) is 10.6. The molecule has 0 saturated carbocycles. The third-order valence-electron chi connectivity index (χ3n) is 3.16. The molecule has 0 rings (SSSR count). The van der Waals surface area contributed by atoms with E-state index in [4.69, 9.17) is 14.9 Å². The van der Waals surface area contributed by atoms with Gasteiger partial charge in [-0.1, -0.05) is 6.92 Å². The molecule has 0 aliphatic rings. The van der Waals surface area contributed by atoms with Crippen LogP contribution < -0.4 is 0 Å². The van der Waals surface area contributed by atoms with Gasteiger partial charge in [0, 0.05) is 25.4 Å². The number of ether oxygens (including phenoxy) is 1. The SMILES string of the molecule is CC(CN(C)CC(C)C(=O)CCC(=O)O)OC(=O)CCC(=O)O. The molecule has 0 aliphatic carbocycles. The number of carbonyl (C=O) groups is 4. The highest BCUT2D eigenvalue weighted by Gasteiger charge is 2.18. The Kier molecular flexibility index (Phi) is 9.80. The van der Waals surface area contributed by atoms with Crippen molar-refractivity contribution in [1.82, 2.24) is 4.90 Å². The fraction of sp³-hybridized carbons (Fsp3) is 0.733. The Bertz CT molecular complexity index is 436. The van der Waals surface area contributed by atoms with Crippen molar-refractivity contribution in [2.45, 2.75) is 45.6 Å². The van der Waals surface area contributed by atoms with E-state index in [9.17, 15) is 19.2 Å². The Morgan fingerprint density at radius 1 is 0.913 bits per heavy atom. The minimum atomic E-state index is -1.06. The van der Waals surface area contributed by atoms with E-state index in [0.29, 0.717) is 13.1 Å². The summed E-state index contributed by atoms with van der Waals surface area (Å²) >= 11 is 0. The highest BCUT2D eigenvalue weighted by Crippen LogP contribution is 2.07. The van der Waals surface area contributed by atoms with Crippen LogP contribution in [0.25, 0.3) is 0 Å². The lowest BCUT2D eigenvalue weighted by atomic mass is 10.0. The summed E-state index contributed by atoms with van der Waals surface area (Å²) in [5.41, 5.74) is 0. The van der Waals surface area contributed by atoms with Crippen molar-refractivity contribution in [3.8, 4) is 0 Å². The summed E-state index contributed by atoms with van der Waals surface area (Å²) < 4.78 is 5.09. The number of hydrogen-bond donors (Lipinski definition) is 2. The van der Waals surface area contributed by atoms with Gasteiger partial charge in [-0.3, -0.25) is 19.2 Å². The molecule has 0 aromatic heterocycles. The van der Waals surface area contributed by atoms with Gasteiger partial charge < -0.3 is 19.8 Å². The minimum Gasteiger partial charge on any atom is -0.481 e. The highest BCUT2D eigenvalue weighted by molar-refractivity contribution is 5.84. The normalized spacial score (nSPS) is 13.4. The van der Waals surface area contributed by atoms with E-state index in [1.165, 1.54) is 0 Å². The molecule has 2 atom stereocenters. The lowest BCUT2D eigenvalue weighted by Crippen LogP contribution is -2.35. The fourth-order valence-corrected chi connectivity index (χ4v) is 2.09. The Morgan fingerprint density at radius 2 is 1.43 bits per heavy atom. The lowest BCUT2D eigenvalue weighted by Gasteiger charge is -2.24. The van der Waals surface area contributed by atoms with Gasteiger partial charge in [0.15, 0.2) is 0 Å². The van der Waals surface area contributed by atoms with Crippen LogP contribution in [0.5, 0.6) is 0 Å². The second-order valence-corrected chi connectivity index (χ2v) is 5.68. The Morgan fingerprint density at radius 3 is 1.96 bits per heavy atom. The molecule has 2 N–H and O–H groups in total. The van der Waals surface area contributed by atoms with Crippen molar-refractivity contribution in [3.63, 3.8) is 0 Å². The maximum absolute atomic E-state index is 11.8. The topological polar surface area (TPSA) is 121 Å². The van der Waals surface area contributed by atoms with Crippen LogP contribution in [0.1, 0.15) is 39.5 Å². The molecule has 0 aromatic rings. The van der Waals surface area contributed by atoms with Gasteiger partial charge in [-0.05, 0) is 14.0 Å². The predicted octanol–water partition coefficient (Wildman–Crippen LogP) is 0.785. The summed E-state index contributed by atoms with van der Waals surface area (Å²) in [6.45, 7) is 4.24. The van der Waals surface area contributed by atoms with E-state index in [-0.39, 0.29) is 37.4 Å². The highest BCUT2D eigenvalue weighted by atomic mass is 16.5. The van der Waals surface area contributed by atoms with Crippen LogP contribution in [-0.2, 0) is 23.9 Å². The largest absolute Gasteiger partial charge is 0.481 e. The first-order valence-electron chi connectivity index (χ1n) is 7.46. The maximum Gasteiger partial charge on any atom is 0.306 e. The van der Waals surface area contributed by atoms with Gasteiger partial charge in [0.1, 0.15) is 11.9 Å². The van der Waals surface area contributed by atoms with Crippen LogP contribution in [0, 0.1) is 5.92 Å². The summed E-state index contributed by atoms with van der Waals surface area (Å²) in [6.07, 6.45) is -1.04. The van der Waals surface area contributed by atoms with Crippen molar-refractivity contribution in [2.24, 2.45) is 5.92 Å². The van der Waals surface area contributed by atoms with Gasteiger partial charge in [0.25, 0.3) is 0 Å². The predicted molar refractivity (Wildman–Crippen MR) is 81.0 cm³/mol. The molecule has 0 bridgehead atoms. The lowest BCUT2D eigenvalue weighted by molar-refractivity contribution is -0.152. The zero-order valence-electron chi connectivity index (χ0n) is 13.8. The minimum absolute atomic E-state index is 0.00404. The maximum atomic E-state index is 11.8. The molecule has 8 nitrogen and oxygen atoms in total. The first kappa shape index (κ1) is 21.0. The quantitative estimate of drug-likeness (QED) is 0.503. The zero-order chi connectivity index (χ0) is 18.0. The summed E-state index contributed by atoms with van der Waals surface area (Å²) in [6, 6.07) is 0. The third-order valence-corrected chi connectivity index (χ3v) is 3.16. The molecule has 0 aromatic carbocycles. The molecule has 23 heavy (non-hydrogen) atoms. The average Bonchev–Trinajstić information content (AvgIpc) is 2.41. The van der Waals surface area contributed by atoms with Gasteiger partial charge in [0.2, 0.25) is 0 Å². The van der Waals surface area contributed by atoms with E-state index < -0.39 is 24.0 Å². The molecule has 0 aliphatic heterocycles. The van der Waals surface area contributed by atoms with Crippen molar-refractivity contribution < 1.29 is 34.1 Å². The van der Waals surface area contributed by atoms with Crippen LogP contribution in [-0.4, -0.2) is 65.0 Å². The van der Waals surface area contributed by atoms with Crippen LogP contribution in [0.4, 0.5) is 0 Å². The van der Waals surface area contributed by atoms with Crippen LogP contribution in [0.15, 0.2) is 0 Å². The number of rotatable bonds is 12. The van der Waals surface area contributed by atoms with Crippen molar-refractivity contribution in [3.05, 3.63) is 0 Å². The van der Waals surface area contributed by atoms with E-state index in [1.807, 2.05) is 4.90 Å². The molecule has 8 heteroatoms. The average molecular weight is 331 g/mol. The molecule has 0 heterocycles. The third kappa shape index (κ3) is 11.3. The summed E-state index contributed by atoms with van der Waals surface area (Å²) in [5, 5.41) is 17.0. The van der Waals surface area contributed by atoms with Crippen molar-refractivity contribution >= 4 is 23.7 Å². The number of likely N-dealkylation sites (N-methyl/N-ethyl adjacent to an activating group) is 1. The molecular formula is C15H25NO7. The summed E-state index contributed by atoms with van der Waals surface area (Å²) in [7, 11) is 1.77. The molecule has 0 amide bonds. The monoisotopic (exact) mass is 331 g/mol. The molecule has 0 spiro atoms. The molecule has 2 unspecified atom stereocenters. The van der Waals surface area contributed by atoms with Crippen molar-refractivity contribution in [2.75, 3.05) is 20.1 Å². The standard InChI is InChI=1S/C15H25NO7/c1-10(12(17)4-5-13(18)19)8-16(3)9-11(2)23-15(22)7-6-14(20)21/h10-11H,4-9H2,1-3H3,(H,18,19)(H,20,21). The van der Waals surface area contributed by atoms with Crippen LogP contribution >= 0.6 is 0 Å². The van der Waals surface area contributed by atoms with Crippen molar-refractivity contribution in [1.29, 1.82) is 0 Å². The van der Waals surface area contributed by atoms with Gasteiger partial charge in [0.05, 0.1) is 19.3 Å². The number of hydrogen-bond acceptors (Lipinski definition) is 6. The molecule has 0 radical (unpaired) electrons. The molecular weight excluding hydrogens is 306 g/mol. The number of Topliss-reactive ketones (excluding diaryl/α,β-unsaturated/α-hetero) is 1. The Labute approximate surface area is 135 Å². The van der Waals surface area contributed by atoms with E-state index >= 15 is 0 Å². The smallest absolute Gasteiger partial charge is 0.306 e. The van der Waals surface area contributed by atoms with E-state index in [2.05, 4.69) is 0 Å². The molecule has 0 saturated heterocycles. The number of aliphatic carboxylic acids is 2. The zero-order valence-corrected chi connectivity index (χ0v) is 13.8. The number of esters is 1. The van der Waals surface area contributed by atoms with Gasteiger partial charge >= 0.3 is 17.9 Å². The first-order valence-corrected chi connectivity index (χ1v) is 7.46. The van der Waals surface area contributed by atoms with E-state index in [0.717, 1.165) is 0 Å². The number of carboxylic acid groups (broad SMARTS) is 2. The summed E-state index contributed by atoms with van der Waals surface area (Å²) in [5.74, 6) is -3.06. The van der Waals surface area contributed by atoms with E-state index in [1.54, 1.807) is 20.9 Å². The van der Waals surface area contributed by atoms with Crippen LogP contribution in [0.2, 0.25) is 0 Å². The fourth-order valence-electron chi connectivity index (χ4n) is 2.09. The molecule has 0 fully saturated rings. The van der Waals surface area contributed by atoms with Crippen LogP contribution in [0.3, 0.4) is 0 Å². The Balaban J connectivity index is 4.09. The second-order valence-electron chi connectivity index (χ2n) is 5.68. The molecule has 132 valence electrons. The van der Waals surface area contributed by atoms with Gasteiger partial charge in [-0.15, -0.1) is 0 Å².